The van der Waals surface area contributed by atoms with E-state index in [1.807, 2.05) is 6.26 Å². The second-order valence-corrected chi connectivity index (χ2v) is 8.28. The van der Waals surface area contributed by atoms with Gasteiger partial charge in [-0.25, -0.2) is 8.42 Å². The molecule has 2 N–H and O–H groups in total. The standard InChI is InChI=1S/C10H18N2O3S3/c1-17-10(9(11)16)3-5-12(6-4-10)8(13)7-18(2,14)15/h3-7H2,1-2H3,(H2,11,16). The van der Waals surface area contributed by atoms with E-state index in [-0.39, 0.29) is 10.7 Å². The first-order valence-corrected chi connectivity index (χ1v) is 9.20. The molecule has 1 aliphatic rings. The predicted molar refractivity (Wildman–Crippen MR) is 78.6 cm³/mol. The van der Waals surface area contributed by atoms with Gasteiger partial charge in [0.15, 0.2) is 9.84 Å². The molecule has 0 bridgehead atoms. The van der Waals surface area contributed by atoms with Gasteiger partial charge in [0.05, 0.1) is 9.74 Å². The number of piperidine rings is 1. The zero-order valence-electron chi connectivity index (χ0n) is 10.5. The van der Waals surface area contributed by atoms with Crippen LogP contribution in [0.2, 0.25) is 0 Å². The van der Waals surface area contributed by atoms with Gasteiger partial charge in [0, 0.05) is 19.3 Å². The lowest BCUT2D eigenvalue weighted by molar-refractivity contribution is -0.129. The van der Waals surface area contributed by atoms with Crippen LogP contribution in [0.25, 0.3) is 0 Å². The molecule has 1 saturated heterocycles. The Morgan fingerprint density at radius 1 is 1.44 bits per heavy atom. The fraction of sp³-hybridized carbons (Fsp3) is 0.800. The number of likely N-dealkylation sites (tertiary alicyclic amines) is 1. The van der Waals surface area contributed by atoms with E-state index in [1.165, 1.54) is 0 Å². The van der Waals surface area contributed by atoms with Crippen LogP contribution in [0.15, 0.2) is 0 Å². The monoisotopic (exact) mass is 310 g/mol. The highest BCUT2D eigenvalue weighted by molar-refractivity contribution is 8.02. The summed E-state index contributed by atoms with van der Waals surface area (Å²) in [6.45, 7) is 1.01. The molecule has 104 valence electrons. The lowest BCUT2D eigenvalue weighted by Gasteiger charge is -2.40. The molecular weight excluding hydrogens is 292 g/mol. The molecule has 0 saturated carbocycles. The Morgan fingerprint density at radius 3 is 2.28 bits per heavy atom. The van der Waals surface area contributed by atoms with Crippen molar-refractivity contribution in [3.63, 3.8) is 0 Å². The quantitative estimate of drug-likeness (QED) is 0.739. The van der Waals surface area contributed by atoms with Crippen molar-refractivity contribution in [2.45, 2.75) is 17.6 Å². The summed E-state index contributed by atoms with van der Waals surface area (Å²) in [6, 6.07) is 0. The summed E-state index contributed by atoms with van der Waals surface area (Å²) < 4.78 is 21.9. The van der Waals surface area contributed by atoms with Gasteiger partial charge in [0.25, 0.3) is 0 Å². The van der Waals surface area contributed by atoms with Crippen molar-refractivity contribution in [2.75, 3.05) is 31.4 Å². The Bertz CT molecular complexity index is 439. The van der Waals surface area contributed by atoms with Crippen LogP contribution in [0.1, 0.15) is 12.8 Å². The lowest BCUT2D eigenvalue weighted by atomic mass is 9.95. The van der Waals surface area contributed by atoms with Gasteiger partial charge in [0.2, 0.25) is 5.91 Å². The van der Waals surface area contributed by atoms with Crippen LogP contribution in [-0.4, -0.2) is 60.3 Å². The number of hydrogen-bond donors (Lipinski definition) is 1. The van der Waals surface area contributed by atoms with Crippen LogP contribution >= 0.6 is 24.0 Å². The molecule has 0 aliphatic carbocycles. The first-order chi connectivity index (χ1) is 8.20. The number of thioether (sulfide) groups is 1. The van der Waals surface area contributed by atoms with Gasteiger partial charge in [-0.05, 0) is 19.1 Å². The zero-order valence-corrected chi connectivity index (χ0v) is 13.0. The minimum Gasteiger partial charge on any atom is -0.392 e. The number of nitrogens with zero attached hydrogens (tertiary/aromatic N) is 1. The number of rotatable bonds is 4. The SMILES string of the molecule is CSC1(C(N)=S)CCN(C(=O)CS(C)(=O)=O)CC1. The molecule has 0 spiro atoms. The third-order valence-corrected chi connectivity index (χ3v) is 5.85. The minimum atomic E-state index is -3.27. The fourth-order valence-electron chi connectivity index (χ4n) is 1.98. The third-order valence-electron chi connectivity index (χ3n) is 3.15. The van der Waals surface area contributed by atoms with Crippen molar-refractivity contribution in [3.05, 3.63) is 0 Å². The molecule has 1 rings (SSSR count). The molecule has 0 aromatic carbocycles. The number of sulfone groups is 1. The molecule has 0 radical (unpaired) electrons. The molecule has 0 aromatic heterocycles. The highest BCUT2D eigenvalue weighted by Crippen LogP contribution is 2.34. The number of carbonyl (C=O) groups excluding carboxylic acids is 1. The van der Waals surface area contributed by atoms with Gasteiger partial charge < -0.3 is 10.6 Å². The van der Waals surface area contributed by atoms with Gasteiger partial charge >= 0.3 is 0 Å². The molecule has 0 unspecified atom stereocenters. The van der Waals surface area contributed by atoms with E-state index in [2.05, 4.69) is 0 Å². The number of carbonyl (C=O) groups is 1. The highest BCUT2D eigenvalue weighted by Gasteiger charge is 2.38. The van der Waals surface area contributed by atoms with E-state index in [4.69, 9.17) is 18.0 Å². The van der Waals surface area contributed by atoms with E-state index in [9.17, 15) is 13.2 Å². The van der Waals surface area contributed by atoms with E-state index < -0.39 is 15.6 Å². The number of thiocarbonyl (C=S) groups is 1. The Morgan fingerprint density at radius 2 is 1.94 bits per heavy atom. The number of amides is 1. The average Bonchev–Trinajstić information content (AvgIpc) is 2.26. The number of hydrogen-bond acceptors (Lipinski definition) is 5. The van der Waals surface area contributed by atoms with Crippen LogP contribution in [0, 0.1) is 0 Å². The van der Waals surface area contributed by atoms with E-state index in [0.29, 0.717) is 30.9 Å². The minimum absolute atomic E-state index is 0.253. The first-order valence-electron chi connectivity index (χ1n) is 5.51. The molecule has 0 atom stereocenters. The summed E-state index contributed by atoms with van der Waals surface area (Å²) in [5.74, 6) is -0.762. The Labute approximate surface area is 117 Å². The second kappa shape index (κ2) is 5.75. The fourth-order valence-corrected chi connectivity index (χ4v) is 3.86. The highest BCUT2D eigenvalue weighted by atomic mass is 32.2. The van der Waals surface area contributed by atoms with E-state index in [1.54, 1.807) is 16.7 Å². The average molecular weight is 310 g/mol. The smallest absolute Gasteiger partial charge is 0.237 e. The molecule has 1 amide bonds. The molecule has 1 fully saturated rings. The summed E-state index contributed by atoms with van der Waals surface area (Å²) in [4.78, 5) is 13.8. The van der Waals surface area contributed by atoms with Crippen LogP contribution in [0.4, 0.5) is 0 Å². The van der Waals surface area contributed by atoms with Crippen molar-refractivity contribution >= 4 is 44.7 Å². The van der Waals surface area contributed by atoms with Gasteiger partial charge in [-0.1, -0.05) is 12.2 Å². The van der Waals surface area contributed by atoms with Crippen molar-refractivity contribution in [1.82, 2.24) is 4.90 Å². The normalized spacial score (nSPS) is 19.6. The van der Waals surface area contributed by atoms with Crippen molar-refractivity contribution in [3.8, 4) is 0 Å². The van der Waals surface area contributed by atoms with Gasteiger partial charge in [-0.2, -0.15) is 11.8 Å². The molecule has 5 nitrogen and oxygen atoms in total. The van der Waals surface area contributed by atoms with Crippen molar-refractivity contribution in [1.29, 1.82) is 0 Å². The van der Waals surface area contributed by atoms with Crippen LogP contribution in [0.5, 0.6) is 0 Å². The van der Waals surface area contributed by atoms with Crippen LogP contribution < -0.4 is 5.73 Å². The first kappa shape index (κ1) is 15.7. The zero-order chi connectivity index (χ0) is 14.0. The van der Waals surface area contributed by atoms with E-state index in [0.717, 1.165) is 6.26 Å². The molecule has 1 heterocycles. The molecule has 18 heavy (non-hydrogen) atoms. The summed E-state index contributed by atoms with van der Waals surface area (Å²) >= 11 is 6.68. The Balaban J connectivity index is 2.64. The predicted octanol–water partition coefficient (Wildman–Crippen LogP) is 0.0413. The lowest BCUT2D eigenvalue weighted by Crippen LogP contribution is -2.51. The van der Waals surface area contributed by atoms with Crippen LogP contribution in [-0.2, 0) is 14.6 Å². The maximum Gasteiger partial charge on any atom is 0.237 e. The maximum atomic E-state index is 11.8. The Hall–Kier alpha value is -0.340. The summed E-state index contributed by atoms with van der Waals surface area (Å²) in [6.07, 6.45) is 4.38. The van der Waals surface area contributed by atoms with E-state index >= 15 is 0 Å². The Kier molecular flexibility index (Phi) is 5.02. The molecule has 0 aromatic rings. The summed E-state index contributed by atoms with van der Waals surface area (Å²) in [5.41, 5.74) is 5.75. The van der Waals surface area contributed by atoms with Gasteiger partial charge in [-0.15, -0.1) is 0 Å². The molecule has 8 heteroatoms. The summed E-state index contributed by atoms with van der Waals surface area (Å²) in [7, 11) is -3.27. The summed E-state index contributed by atoms with van der Waals surface area (Å²) in [5, 5.41) is 0. The van der Waals surface area contributed by atoms with Crippen LogP contribution in [0.3, 0.4) is 0 Å². The molecular formula is C10H18N2O3S3. The topological polar surface area (TPSA) is 80.5 Å². The van der Waals surface area contributed by atoms with Crippen molar-refractivity contribution in [2.24, 2.45) is 5.73 Å². The number of nitrogens with two attached hydrogens (primary N) is 1. The largest absolute Gasteiger partial charge is 0.392 e. The van der Waals surface area contributed by atoms with Gasteiger partial charge in [-0.3, -0.25) is 4.79 Å². The second-order valence-electron chi connectivity index (χ2n) is 4.51. The molecule has 1 aliphatic heterocycles. The van der Waals surface area contributed by atoms with Crippen molar-refractivity contribution < 1.29 is 13.2 Å². The third kappa shape index (κ3) is 3.83. The maximum absolute atomic E-state index is 11.8. The van der Waals surface area contributed by atoms with Gasteiger partial charge in [0.1, 0.15) is 5.75 Å².